The first-order valence-electron chi connectivity index (χ1n) is 5.28. The lowest BCUT2D eigenvalue weighted by atomic mass is 10.2. The summed E-state index contributed by atoms with van der Waals surface area (Å²) in [6.45, 7) is 3.68. The van der Waals surface area contributed by atoms with Gasteiger partial charge < -0.3 is 10.1 Å². The number of carbonyl (C=O) groups is 1. The largest absolute Gasteiger partial charge is 0.469 e. The Hall–Kier alpha value is -2.09. The van der Waals surface area contributed by atoms with Crippen LogP contribution in [0, 0.1) is 18.3 Å². The second-order valence-electron chi connectivity index (χ2n) is 3.79. The average molecular weight is 233 g/mol. The number of esters is 1. The fourth-order valence-electron chi connectivity index (χ4n) is 1.37. The fraction of sp³-hybridized carbons (Fsp3) is 0.417. The van der Waals surface area contributed by atoms with Gasteiger partial charge in [-0.1, -0.05) is 0 Å². The number of rotatable bonds is 4. The molecule has 0 aromatic carbocycles. The van der Waals surface area contributed by atoms with E-state index in [4.69, 9.17) is 5.26 Å². The molecule has 1 N–H and O–H groups in total. The van der Waals surface area contributed by atoms with E-state index in [1.807, 2.05) is 13.8 Å². The zero-order valence-corrected chi connectivity index (χ0v) is 10.2. The molecule has 0 radical (unpaired) electrons. The van der Waals surface area contributed by atoms with Crippen LogP contribution in [0.2, 0.25) is 0 Å². The van der Waals surface area contributed by atoms with Crippen molar-refractivity contribution in [3.8, 4) is 6.07 Å². The Morgan fingerprint density at radius 3 is 2.94 bits per heavy atom. The third-order valence-electron chi connectivity index (χ3n) is 2.24. The maximum Gasteiger partial charge on any atom is 0.307 e. The van der Waals surface area contributed by atoms with Gasteiger partial charge in [0, 0.05) is 11.7 Å². The molecule has 1 atom stereocenters. The minimum absolute atomic E-state index is 0.135. The normalized spacial score (nSPS) is 11.4. The molecule has 0 aliphatic carbocycles. The zero-order chi connectivity index (χ0) is 12.8. The monoisotopic (exact) mass is 233 g/mol. The van der Waals surface area contributed by atoms with E-state index in [2.05, 4.69) is 21.1 Å². The lowest BCUT2D eigenvalue weighted by Gasteiger charge is -2.14. The molecule has 5 nitrogen and oxygen atoms in total. The van der Waals surface area contributed by atoms with Crippen LogP contribution in [0.15, 0.2) is 12.1 Å². The van der Waals surface area contributed by atoms with Crippen LogP contribution in [0.4, 0.5) is 5.82 Å². The number of ether oxygens (including phenoxy) is 1. The molecule has 0 fully saturated rings. The topological polar surface area (TPSA) is 75.0 Å². The molecule has 90 valence electrons. The summed E-state index contributed by atoms with van der Waals surface area (Å²) in [5.41, 5.74) is 1.28. The Kier molecular flexibility index (Phi) is 4.46. The van der Waals surface area contributed by atoms with Gasteiger partial charge in [0.2, 0.25) is 0 Å². The number of carbonyl (C=O) groups excluding carboxylic acids is 1. The SMILES string of the molecule is COC(=O)CC(C)Nc1nc(C)ccc1C#N. The van der Waals surface area contributed by atoms with E-state index in [-0.39, 0.29) is 18.4 Å². The highest BCUT2D eigenvalue weighted by Crippen LogP contribution is 2.14. The smallest absolute Gasteiger partial charge is 0.307 e. The highest BCUT2D eigenvalue weighted by atomic mass is 16.5. The van der Waals surface area contributed by atoms with Gasteiger partial charge in [-0.05, 0) is 26.0 Å². The summed E-state index contributed by atoms with van der Waals surface area (Å²) in [4.78, 5) is 15.3. The third kappa shape index (κ3) is 3.76. The Labute approximate surface area is 100 Å². The molecule has 0 spiro atoms. The van der Waals surface area contributed by atoms with E-state index in [0.717, 1.165) is 5.69 Å². The molecule has 0 aliphatic rings. The Morgan fingerprint density at radius 2 is 2.35 bits per heavy atom. The number of nitrogens with one attached hydrogen (secondary N) is 1. The molecular formula is C12H15N3O2. The van der Waals surface area contributed by atoms with Crippen molar-refractivity contribution in [2.75, 3.05) is 12.4 Å². The molecule has 1 unspecified atom stereocenters. The Bertz CT molecular complexity index is 452. The van der Waals surface area contributed by atoms with Crippen molar-refractivity contribution in [1.82, 2.24) is 4.98 Å². The van der Waals surface area contributed by atoms with Gasteiger partial charge in [-0.2, -0.15) is 5.26 Å². The van der Waals surface area contributed by atoms with Gasteiger partial charge in [0.15, 0.2) is 0 Å². The minimum Gasteiger partial charge on any atom is -0.469 e. The molecule has 17 heavy (non-hydrogen) atoms. The molecule has 1 heterocycles. The van der Waals surface area contributed by atoms with Crippen molar-refractivity contribution in [1.29, 1.82) is 5.26 Å². The number of nitrogens with zero attached hydrogens (tertiary/aromatic N) is 2. The number of hydrogen-bond donors (Lipinski definition) is 1. The highest BCUT2D eigenvalue weighted by Gasteiger charge is 2.12. The van der Waals surface area contributed by atoms with Gasteiger partial charge in [-0.15, -0.1) is 0 Å². The lowest BCUT2D eigenvalue weighted by molar-refractivity contribution is -0.140. The first-order chi connectivity index (χ1) is 8.06. The van der Waals surface area contributed by atoms with Crippen molar-refractivity contribution in [3.63, 3.8) is 0 Å². The maximum absolute atomic E-state index is 11.1. The van der Waals surface area contributed by atoms with Gasteiger partial charge in [0.1, 0.15) is 11.9 Å². The molecule has 0 aliphatic heterocycles. The second kappa shape index (κ2) is 5.85. The summed E-state index contributed by atoms with van der Waals surface area (Å²) < 4.78 is 4.57. The summed E-state index contributed by atoms with van der Waals surface area (Å²) in [6.07, 6.45) is 0.233. The summed E-state index contributed by atoms with van der Waals surface area (Å²) in [5, 5.41) is 12.0. The maximum atomic E-state index is 11.1. The molecule has 1 aromatic heterocycles. The lowest BCUT2D eigenvalue weighted by Crippen LogP contribution is -2.21. The minimum atomic E-state index is -0.295. The highest BCUT2D eigenvalue weighted by molar-refractivity contribution is 5.70. The number of anilines is 1. The quantitative estimate of drug-likeness (QED) is 0.800. The van der Waals surface area contributed by atoms with Crippen molar-refractivity contribution >= 4 is 11.8 Å². The number of hydrogen-bond acceptors (Lipinski definition) is 5. The average Bonchev–Trinajstić information content (AvgIpc) is 2.29. The molecule has 1 aromatic rings. The third-order valence-corrected chi connectivity index (χ3v) is 2.24. The number of nitriles is 1. The van der Waals surface area contributed by atoms with Gasteiger partial charge in [-0.25, -0.2) is 4.98 Å². The van der Waals surface area contributed by atoms with Crippen molar-refractivity contribution < 1.29 is 9.53 Å². The van der Waals surface area contributed by atoms with Crippen molar-refractivity contribution in [3.05, 3.63) is 23.4 Å². The fourth-order valence-corrected chi connectivity index (χ4v) is 1.37. The van der Waals surface area contributed by atoms with Crippen LogP contribution in [0.1, 0.15) is 24.6 Å². The van der Waals surface area contributed by atoms with Crippen LogP contribution >= 0.6 is 0 Å². The first kappa shape index (κ1) is 13.0. The second-order valence-corrected chi connectivity index (χ2v) is 3.79. The van der Waals surface area contributed by atoms with E-state index in [0.29, 0.717) is 11.4 Å². The van der Waals surface area contributed by atoms with E-state index in [9.17, 15) is 4.79 Å². The molecule has 0 saturated heterocycles. The molecule has 0 bridgehead atoms. The standard InChI is InChI=1S/C12H15N3O2/c1-8-4-5-10(7-13)12(14-8)15-9(2)6-11(16)17-3/h4-5,9H,6H2,1-3H3,(H,14,15). The summed E-state index contributed by atoms with van der Waals surface area (Å²) in [7, 11) is 1.35. The molecular weight excluding hydrogens is 218 g/mol. The van der Waals surface area contributed by atoms with E-state index >= 15 is 0 Å². The van der Waals surface area contributed by atoms with Crippen LogP contribution in [-0.2, 0) is 9.53 Å². The van der Waals surface area contributed by atoms with E-state index in [1.165, 1.54) is 7.11 Å². The van der Waals surface area contributed by atoms with Crippen molar-refractivity contribution in [2.45, 2.75) is 26.3 Å². The molecule has 0 amide bonds. The van der Waals surface area contributed by atoms with Gasteiger partial charge >= 0.3 is 5.97 Å². The Balaban J connectivity index is 2.77. The van der Waals surface area contributed by atoms with Crippen LogP contribution < -0.4 is 5.32 Å². The van der Waals surface area contributed by atoms with E-state index < -0.39 is 0 Å². The number of aromatic nitrogens is 1. The summed E-state index contributed by atoms with van der Waals surface area (Å²) in [5.74, 6) is 0.208. The number of pyridine rings is 1. The van der Waals surface area contributed by atoms with Gasteiger partial charge in [-0.3, -0.25) is 4.79 Å². The predicted octanol–water partition coefficient (Wildman–Crippen LogP) is 1.63. The van der Waals surface area contributed by atoms with Gasteiger partial charge in [0.05, 0.1) is 19.1 Å². The molecule has 1 rings (SSSR count). The summed E-state index contributed by atoms with van der Waals surface area (Å²) >= 11 is 0. The molecule has 0 saturated carbocycles. The number of methoxy groups -OCH3 is 1. The summed E-state index contributed by atoms with van der Waals surface area (Å²) in [6, 6.07) is 5.40. The van der Waals surface area contributed by atoms with Gasteiger partial charge in [0.25, 0.3) is 0 Å². The number of aryl methyl sites for hydroxylation is 1. The molecule has 5 heteroatoms. The zero-order valence-electron chi connectivity index (χ0n) is 10.2. The van der Waals surface area contributed by atoms with Crippen molar-refractivity contribution in [2.24, 2.45) is 0 Å². The van der Waals surface area contributed by atoms with Crippen LogP contribution in [0.25, 0.3) is 0 Å². The first-order valence-corrected chi connectivity index (χ1v) is 5.28. The van der Waals surface area contributed by atoms with Crippen LogP contribution in [0.5, 0.6) is 0 Å². The van der Waals surface area contributed by atoms with Crippen LogP contribution in [-0.4, -0.2) is 24.1 Å². The van der Waals surface area contributed by atoms with Crippen LogP contribution in [0.3, 0.4) is 0 Å². The Morgan fingerprint density at radius 1 is 1.65 bits per heavy atom. The predicted molar refractivity (Wildman–Crippen MR) is 63.4 cm³/mol. The van der Waals surface area contributed by atoms with E-state index in [1.54, 1.807) is 12.1 Å².